The van der Waals surface area contributed by atoms with Crippen LogP contribution in [0.1, 0.15) is 23.6 Å². The molecule has 0 unspecified atom stereocenters. The van der Waals surface area contributed by atoms with Crippen LogP contribution in [0, 0.1) is 6.92 Å². The van der Waals surface area contributed by atoms with Gasteiger partial charge in [-0.25, -0.2) is 4.68 Å². The van der Waals surface area contributed by atoms with Crippen molar-refractivity contribution >= 4 is 23.4 Å². The molecule has 7 heteroatoms. The average molecular weight is 380 g/mol. The maximum Gasteiger partial charge on any atom is 0.295 e. The van der Waals surface area contributed by atoms with E-state index < -0.39 is 0 Å². The summed E-state index contributed by atoms with van der Waals surface area (Å²) in [6, 6.07) is 13.2. The number of anilines is 1. The molecule has 27 heavy (non-hydrogen) atoms. The van der Waals surface area contributed by atoms with Gasteiger partial charge in [-0.05, 0) is 32.0 Å². The highest BCUT2D eigenvalue weighted by Crippen LogP contribution is 2.45. The van der Waals surface area contributed by atoms with Gasteiger partial charge in [0.1, 0.15) is 11.1 Å². The van der Waals surface area contributed by atoms with Gasteiger partial charge in [-0.15, -0.1) is 11.8 Å². The molecular formula is C20H20N4O2S. The Kier molecular flexibility index (Phi) is 4.39. The third kappa shape index (κ3) is 2.78. The first kappa shape index (κ1) is 17.6. The lowest BCUT2D eigenvalue weighted by molar-refractivity contribution is -0.117. The summed E-state index contributed by atoms with van der Waals surface area (Å²) in [4.78, 5) is 32.2. The Bertz CT molecular complexity index is 1040. The molecule has 0 aliphatic carbocycles. The van der Waals surface area contributed by atoms with E-state index in [1.807, 2.05) is 63.4 Å². The molecule has 0 saturated carbocycles. The summed E-state index contributed by atoms with van der Waals surface area (Å²) >= 11 is 1.54. The molecule has 1 saturated heterocycles. The van der Waals surface area contributed by atoms with Crippen molar-refractivity contribution in [2.75, 3.05) is 4.90 Å². The molecule has 138 valence electrons. The Morgan fingerprint density at radius 2 is 1.81 bits per heavy atom. The lowest BCUT2D eigenvalue weighted by atomic mass is 10.2. The van der Waals surface area contributed by atoms with Gasteiger partial charge < -0.3 is 0 Å². The fourth-order valence-corrected chi connectivity index (χ4v) is 4.68. The van der Waals surface area contributed by atoms with E-state index in [2.05, 4.69) is 4.98 Å². The van der Waals surface area contributed by atoms with Gasteiger partial charge >= 0.3 is 0 Å². The molecule has 2 aromatic heterocycles. The number of amides is 1. The van der Waals surface area contributed by atoms with Crippen molar-refractivity contribution in [3.8, 4) is 5.69 Å². The van der Waals surface area contributed by atoms with Crippen molar-refractivity contribution in [3.05, 3.63) is 76.5 Å². The standard InChI is InChI=1S/C20H20N4O2S/c1-13-17(19(26)24(22(13)3)16-9-5-4-6-10-16)23-18(25)14(2)27-20(23)15-8-7-11-21-12-15/h4-12,14,20H,1-3H3/t14-,20+/m0/s1. The van der Waals surface area contributed by atoms with E-state index in [1.165, 1.54) is 11.8 Å². The Balaban J connectivity index is 1.90. The number of hydrogen-bond donors (Lipinski definition) is 0. The molecule has 3 aromatic rings. The van der Waals surface area contributed by atoms with Crippen molar-refractivity contribution < 1.29 is 4.79 Å². The summed E-state index contributed by atoms with van der Waals surface area (Å²) in [6.45, 7) is 3.75. The lowest BCUT2D eigenvalue weighted by Gasteiger charge is -2.22. The number of pyridine rings is 1. The second kappa shape index (κ2) is 6.74. The van der Waals surface area contributed by atoms with E-state index in [4.69, 9.17) is 0 Å². The highest BCUT2D eigenvalue weighted by Gasteiger charge is 2.42. The fraction of sp³-hybridized carbons (Fsp3) is 0.250. The second-order valence-corrected chi connectivity index (χ2v) is 7.96. The number of benzene rings is 1. The summed E-state index contributed by atoms with van der Waals surface area (Å²) in [5.41, 5.74) is 2.66. The van der Waals surface area contributed by atoms with E-state index in [0.29, 0.717) is 5.69 Å². The van der Waals surface area contributed by atoms with Gasteiger partial charge in [-0.2, -0.15) is 0 Å². The molecule has 1 aliphatic heterocycles. The maximum atomic E-state index is 13.4. The van der Waals surface area contributed by atoms with Gasteiger partial charge in [0.25, 0.3) is 5.56 Å². The Morgan fingerprint density at radius 3 is 2.48 bits per heavy atom. The third-order valence-electron chi connectivity index (χ3n) is 4.89. The van der Waals surface area contributed by atoms with Crippen LogP contribution in [0.25, 0.3) is 5.69 Å². The Labute approximate surface area is 161 Å². The smallest absolute Gasteiger partial charge is 0.288 e. The molecule has 2 atom stereocenters. The molecule has 3 heterocycles. The molecule has 1 fully saturated rings. The molecule has 4 rings (SSSR count). The van der Waals surface area contributed by atoms with Crippen molar-refractivity contribution in [1.29, 1.82) is 0 Å². The van der Waals surface area contributed by atoms with Crippen molar-refractivity contribution in [2.45, 2.75) is 24.5 Å². The lowest BCUT2D eigenvalue weighted by Crippen LogP contribution is -2.34. The first-order valence-corrected chi connectivity index (χ1v) is 9.67. The van der Waals surface area contributed by atoms with Crippen LogP contribution < -0.4 is 10.5 Å². The summed E-state index contributed by atoms with van der Waals surface area (Å²) in [7, 11) is 1.84. The van der Waals surface area contributed by atoms with Gasteiger partial charge in [0.2, 0.25) is 5.91 Å². The van der Waals surface area contributed by atoms with E-state index in [0.717, 1.165) is 16.9 Å². The monoisotopic (exact) mass is 380 g/mol. The quantitative estimate of drug-likeness (QED) is 0.701. The number of thioether (sulfide) groups is 1. The van der Waals surface area contributed by atoms with E-state index in [-0.39, 0.29) is 22.1 Å². The van der Waals surface area contributed by atoms with Crippen LogP contribution in [-0.4, -0.2) is 25.5 Å². The Morgan fingerprint density at radius 1 is 1.07 bits per heavy atom. The Hall–Kier alpha value is -2.80. The first-order valence-electron chi connectivity index (χ1n) is 8.73. The maximum absolute atomic E-state index is 13.4. The predicted molar refractivity (Wildman–Crippen MR) is 107 cm³/mol. The largest absolute Gasteiger partial charge is 0.295 e. The molecular weight excluding hydrogens is 360 g/mol. The zero-order valence-corrected chi connectivity index (χ0v) is 16.2. The van der Waals surface area contributed by atoms with Crippen LogP contribution in [0.3, 0.4) is 0 Å². The number of hydrogen-bond acceptors (Lipinski definition) is 4. The third-order valence-corrected chi connectivity index (χ3v) is 6.24. The molecule has 0 bridgehead atoms. The van der Waals surface area contributed by atoms with Crippen LogP contribution in [0.2, 0.25) is 0 Å². The summed E-state index contributed by atoms with van der Waals surface area (Å²) in [5.74, 6) is -0.0557. The fourth-order valence-electron chi connectivity index (χ4n) is 3.43. The van der Waals surface area contributed by atoms with E-state index in [1.54, 1.807) is 26.7 Å². The minimum atomic E-state index is -0.265. The molecule has 0 N–H and O–H groups in total. The first-order chi connectivity index (χ1) is 13.0. The van der Waals surface area contributed by atoms with Crippen LogP contribution in [0.4, 0.5) is 5.69 Å². The van der Waals surface area contributed by atoms with Gasteiger partial charge in [-0.1, -0.05) is 24.3 Å². The molecule has 6 nitrogen and oxygen atoms in total. The molecule has 0 radical (unpaired) electrons. The molecule has 1 aliphatic rings. The van der Waals surface area contributed by atoms with Crippen LogP contribution in [0.5, 0.6) is 0 Å². The van der Waals surface area contributed by atoms with Crippen LogP contribution >= 0.6 is 11.8 Å². The van der Waals surface area contributed by atoms with E-state index in [9.17, 15) is 9.59 Å². The number of carbonyl (C=O) groups is 1. The predicted octanol–water partition coefficient (Wildman–Crippen LogP) is 3.05. The summed E-state index contributed by atoms with van der Waals surface area (Å²) in [6.07, 6.45) is 3.46. The topological polar surface area (TPSA) is 60.1 Å². The molecule has 0 spiro atoms. The highest BCUT2D eigenvalue weighted by atomic mass is 32.2. The molecule has 1 aromatic carbocycles. The van der Waals surface area contributed by atoms with E-state index >= 15 is 0 Å². The average Bonchev–Trinajstić information content (AvgIpc) is 3.10. The zero-order chi connectivity index (χ0) is 19.1. The highest BCUT2D eigenvalue weighted by molar-refractivity contribution is 8.01. The number of nitrogens with zero attached hydrogens (tertiary/aromatic N) is 4. The summed E-state index contributed by atoms with van der Waals surface area (Å²) in [5, 5.41) is -0.487. The number of aromatic nitrogens is 3. The van der Waals surface area contributed by atoms with Crippen LogP contribution in [-0.2, 0) is 11.8 Å². The minimum absolute atomic E-state index is 0.0557. The number of para-hydroxylation sites is 1. The molecule has 1 amide bonds. The minimum Gasteiger partial charge on any atom is -0.288 e. The van der Waals surface area contributed by atoms with Gasteiger partial charge in [0.05, 0.1) is 16.6 Å². The summed E-state index contributed by atoms with van der Waals surface area (Å²) < 4.78 is 3.40. The van der Waals surface area contributed by atoms with Gasteiger partial charge in [0.15, 0.2) is 0 Å². The normalized spacial score (nSPS) is 19.7. The van der Waals surface area contributed by atoms with Gasteiger partial charge in [-0.3, -0.25) is 24.2 Å². The second-order valence-electron chi connectivity index (χ2n) is 6.54. The van der Waals surface area contributed by atoms with Crippen molar-refractivity contribution in [1.82, 2.24) is 14.3 Å². The SMILES string of the molecule is Cc1c(N2C(=O)[C@H](C)S[C@@H]2c2cccnc2)c(=O)n(-c2ccccc2)n1C. The number of rotatable bonds is 3. The van der Waals surface area contributed by atoms with Crippen LogP contribution in [0.15, 0.2) is 59.7 Å². The van der Waals surface area contributed by atoms with Crippen molar-refractivity contribution in [3.63, 3.8) is 0 Å². The van der Waals surface area contributed by atoms with Gasteiger partial charge in [0, 0.05) is 25.0 Å². The number of carbonyl (C=O) groups excluding carboxylic acids is 1. The van der Waals surface area contributed by atoms with Crippen molar-refractivity contribution in [2.24, 2.45) is 7.05 Å². The zero-order valence-electron chi connectivity index (χ0n) is 15.4.